The van der Waals surface area contributed by atoms with E-state index in [2.05, 4.69) is 17.2 Å². The number of rotatable bonds is 5. The Bertz CT molecular complexity index is 702. The monoisotopic (exact) mass is 380 g/mol. The Balaban J connectivity index is 1.57. The summed E-state index contributed by atoms with van der Waals surface area (Å²) in [5.41, 5.74) is 0.795. The second kappa shape index (κ2) is 8.45. The first-order valence-electron chi connectivity index (χ1n) is 9.39. The molecule has 0 aliphatic carbocycles. The molecule has 8 heteroatoms. The zero-order valence-electron chi connectivity index (χ0n) is 15.3. The third kappa shape index (κ3) is 4.61. The van der Waals surface area contributed by atoms with Crippen LogP contribution < -0.4 is 5.32 Å². The minimum Gasteiger partial charge on any atom is -0.350 e. The van der Waals surface area contributed by atoms with Crippen molar-refractivity contribution in [3.8, 4) is 0 Å². The highest BCUT2D eigenvalue weighted by Gasteiger charge is 2.36. The van der Waals surface area contributed by atoms with Gasteiger partial charge in [0.1, 0.15) is 0 Å². The largest absolute Gasteiger partial charge is 0.350 e. The van der Waals surface area contributed by atoms with Crippen LogP contribution in [0.5, 0.6) is 0 Å². The first kappa shape index (κ1) is 19.3. The van der Waals surface area contributed by atoms with Gasteiger partial charge < -0.3 is 5.32 Å². The van der Waals surface area contributed by atoms with Crippen LogP contribution in [0.15, 0.2) is 24.4 Å². The van der Waals surface area contributed by atoms with E-state index >= 15 is 0 Å². The summed E-state index contributed by atoms with van der Waals surface area (Å²) in [5.74, 6) is 0.182. The summed E-state index contributed by atoms with van der Waals surface area (Å²) in [6, 6.07) is 5.56. The lowest BCUT2D eigenvalue weighted by atomic mass is 9.99. The molecule has 0 unspecified atom stereocenters. The van der Waals surface area contributed by atoms with Gasteiger partial charge in [-0.15, -0.1) is 0 Å². The average Bonchev–Trinajstić information content (AvgIpc) is 2.67. The van der Waals surface area contributed by atoms with Crippen molar-refractivity contribution in [2.24, 2.45) is 11.8 Å². The zero-order chi connectivity index (χ0) is 18.6. The van der Waals surface area contributed by atoms with Crippen LogP contribution in [-0.4, -0.2) is 54.1 Å². The Morgan fingerprint density at radius 1 is 1.19 bits per heavy atom. The molecular weight excluding hydrogens is 352 g/mol. The van der Waals surface area contributed by atoms with E-state index in [1.807, 2.05) is 18.2 Å². The molecule has 1 atom stereocenters. The summed E-state index contributed by atoms with van der Waals surface area (Å²) in [4.78, 5) is 16.7. The summed E-state index contributed by atoms with van der Waals surface area (Å²) < 4.78 is 28.9. The van der Waals surface area contributed by atoms with Crippen molar-refractivity contribution in [2.45, 2.75) is 39.2 Å². The fourth-order valence-electron chi connectivity index (χ4n) is 3.57. The molecule has 0 bridgehead atoms. The second-order valence-electron chi connectivity index (χ2n) is 7.33. The molecule has 2 aliphatic rings. The molecule has 3 heterocycles. The van der Waals surface area contributed by atoms with Crippen LogP contribution in [0.25, 0.3) is 0 Å². The maximum absolute atomic E-state index is 12.9. The molecule has 2 fully saturated rings. The third-order valence-corrected chi connectivity index (χ3v) is 7.32. The van der Waals surface area contributed by atoms with Crippen LogP contribution in [0.2, 0.25) is 0 Å². The maximum Gasteiger partial charge on any atom is 0.281 e. The van der Waals surface area contributed by atoms with Gasteiger partial charge in [0.2, 0.25) is 5.91 Å². The molecule has 0 spiro atoms. The van der Waals surface area contributed by atoms with Gasteiger partial charge in [-0.3, -0.25) is 9.78 Å². The Morgan fingerprint density at radius 2 is 1.96 bits per heavy atom. The first-order valence-corrected chi connectivity index (χ1v) is 10.8. The maximum atomic E-state index is 12.9. The highest BCUT2D eigenvalue weighted by Crippen LogP contribution is 2.25. The van der Waals surface area contributed by atoms with Crippen molar-refractivity contribution >= 4 is 16.1 Å². The molecule has 0 aromatic carbocycles. The van der Waals surface area contributed by atoms with Gasteiger partial charge in [0.05, 0.1) is 18.2 Å². The molecule has 1 aromatic heterocycles. The van der Waals surface area contributed by atoms with E-state index in [1.165, 1.54) is 4.31 Å². The Morgan fingerprint density at radius 3 is 2.65 bits per heavy atom. The zero-order valence-corrected chi connectivity index (χ0v) is 16.1. The summed E-state index contributed by atoms with van der Waals surface area (Å²) in [5, 5.41) is 2.89. The van der Waals surface area contributed by atoms with E-state index in [1.54, 1.807) is 10.5 Å². The molecule has 2 aliphatic heterocycles. The molecule has 0 saturated carbocycles. The predicted molar refractivity (Wildman–Crippen MR) is 99.3 cm³/mol. The molecule has 2 saturated heterocycles. The van der Waals surface area contributed by atoms with Gasteiger partial charge in [0.25, 0.3) is 10.2 Å². The fourth-order valence-corrected chi connectivity index (χ4v) is 5.30. The molecule has 7 nitrogen and oxygen atoms in total. The molecule has 1 amide bonds. The molecule has 1 aromatic rings. The van der Waals surface area contributed by atoms with Crippen LogP contribution in [-0.2, 0) is 21.5 Å². The molecular formula is C18H28N4O3S. The number of pyridine rings is 1. The normalized spacial score (nSPS) is 23.7. The highest BCUT2D eigenvalue weighted by molar-refractivity contribution is 7.86. The molecule has 0 radical (unpaired) electrons. The van der Waals surface area contributed by atoms with Crippen molar-refractivity contribution in [1.82, 2.24) is 18.9 Å². The van der Waals surface area contributed by atoms with E-state index in [4.69, 9.17) is 0 Å². The van der Waals surface area contributed by atoms with Crippen molar-refractivity contribution in [2.75, 3.05) is 26.2 Å². The highest BCUT2D eigenvalue weighted by atomic mass is 32.2. The number of nitrogens with zero attached hydrogens (tertiary/aromatic N) is 3. The predicted octanol–water partition coefficient (Wildman–Crippen LogP) is 1.39. The van der Waals surface area contributed by atoms with Crippen molar-refractivity contribution in [1.29, 1.82) is 0 Å². The number of hydrogen-bond acceptors (Lipinski definition) is 4. The van der Waals surface area contributed by atoms with Gasteiger partial charge in [0, 0.05) is 32.4 Å². The summed E-state index contributed by atoms with van der Waals surface area (Å²) in [7, 11) is -3.47. The Labute approximate surface area is 156 Å². The second-order valence-corrected chi connectivity index (χ2v) is 9.25. The molecule has 144 valence electrons. The van der Waals surface area contributed by atoms with E-state index in [0.717, 1.165) is 25.0 Å². The topological polar surface area (TPSA) is 82.6 Å². The lowest BCUT2D eigenvalue weighted by Gasteiger charge is -2.37. The van der Waals surface area contributed by atoms with Crippen molar-refractivity contribution < 1.29 is 13.2 Å². The number of hydrogen-bond donors (Lipinski definition) is 1. The van der Waals surface area contributed by atoms with E-state index in [0.29, 0.717) is 38.5 Å². The van der Waals surface area contributed by atoms with Gasteiger partial charge >= 0.3 is 0 Å². The van der Waals surface area contributed by atoms with Gasteiger partial charge in [-0.25, -0.2) is 0 Å². The fraction of sp³-hybridized carbons (Fsp3) is 0.667. The summed E-state index contributed by atoms with van der Waals surface area (Å²) in [6.07, 6.45) is 4.93. The smallest absolute Gasteiger partial charge is 0.281 e. The molecule has 26 heavy (non-hydrogen) atoms. The summed E-state index contributed by atoms with van der Waals surface area (Å²) >= 11 is 0. The number of amides is 1. The Kier molecular flexibility index (Phi) is 6.26. The quantitative estimate of drug-likeness (QED) is 0.837. The SMILES string of the molecule is CC1CCN(S(=O)(=O)N2CCC[C@@H](C(=O)NCc3ccccn3)C2)CC1. The van der Waals surface area contributed by atoms with Crippen molar-refractivity contribution in [3.63, 3.8) is 0 Å². The van der Waals surface area contributed by atoms with Gasteiger partial charge in [-0.05, 0) is 43.7 Å². The molecule has 3 rings (SSSR count). The number of aromatic nitrogens is 1. The standard InChI is InChI=1S/C18H28N4O3S/c1-15-7-11-21(12-8-15)26(24,25)22-10-4-5-16(14-22)18(23)20-13-17-6-2-3-9-19-17/h2-3,6,9,15-16H,4-5,7-8,10-14H2,1H3,(H,20,23)/t16-/m1/s1. The lowest BCUT2D eigenvalue weighted by molar-refractivity contribution is -0.126. The van der Waals surface area contributed by atoms with Gasteiger partial charge in [-0.1, -0.05) is 13.0 Å². The van der Waals surface area contributed by atoms with E-state index in [-0.39, 0.29) is 18.4 Å². The van der Waals surface area contributed by atoms with Crippen LogP contribution in [0.1, 0.15) is 38.3 Å². The Hall–Kier alpha value is -1.51. The molecule has 1 N–H and O–H groups in total. The minimum atomic E-state index is -3.47. The van der Waals surface area contributed by atoms with Crippen LogP contribution in [0, 0.1) is 11.8 Å². The van der Waals surface area contributed by atoms with Crippen LogP contribution in [0.3, 0.4) is 0 Å². The van der Waals surface area contributed by atoms with Gasteiger partial charge in [0.15, 0.2) is 0 Å². The number of nitrogens with one attached hydrogen (secondary N) is 1. The van der Waals surface area contributed by atoms with Crippen molar-refractivity contribution in [3.05, 3.63) is 30.1 Å². The summed E-state index contributed by atoms with van der Waals surface area (Å²) in [6.45, 7) is 4.45. The number of carbonyl (C=O) groups excluding carboxylic acids is 1. The third-order valence-electron chi connectivity index (χ3n) is 5.32. The van der Waals surface area contributed by atoms with Crippen LogP contribution >= 0.6 is 0 Å². The van der Waals surface area contributed by atoms with Gasteiger partial charge in [-0.2, -0.15) is 17.0 Å². The first-order chi connectivity index (χ1) is 12.5. The lowest BCUT2D eigenvalue weighted by Crippen LogP contribution is -2.52. The van der Waals surface area contributed by atoms with Crippen LogP contribution in [0.4, 0.5) is 0 Å². The number of piperidine rings is 2. The van der Waals surface area contributed by atoms with E-state index in [9.17, 15) is 13.2 Å². The number of carbonyl (C=O) groups is 1. The average molecular weight is 381 g/mol. The van der Waals surface area contributed by atoms with E-state index < -0.39 is 10.2 Å². The minimum absolute atomic E-state index is 0.0946.